The fourth-order valence-corrected chi connectivity index (χ4v) is 3.52. The Bertz CT molecular complexity index is 1220. The normalized spacial score (nSPS) is 17.9. The molecule has 34 heavy (non-hydrogen) atoms. The van der Waals surface area contributed by atoms with Crippen molar-refractivity contribution in [3.63, 3.8) is 0 Å². The first-order chi connectivity index (χ1) is 16.4. The van der Waals surface area contributed by atoms with Crippen molar-refractivity contribution < 1.29 is 19.1 Å². The summed E-state index contributed by atoms with van der Waals surface area (Å²) in [5.41, 5.74) is 0.987. The molecule has 9 heteroatoms. The largest absolute Gasteiger partial charge is 0.494 e. The van der Waals surface area contributed by atoms with E-state index in [0.29, 0.717) is 35.9 Å². The number of ether oxygens (including phenoxy) is 2. The number of carbonyl (C=O) groups is 2. The van der Waals surface area contributed by atoms with Crippen LogP contribution in [0.4, 0.5) is 4.79 Å². The highest BCUT2D eigenvalue weighted by Gasteiger charge is 2.47. The van der Waals surface area contributed by atoms with E-state index in [2.05, 4.69) is 15.5 Å². The monoisotopic (exact) mass is 461 g/mol. The number of hydrazone groups is 1. The maximum absolute atomic E-state index is 12.7. The summed E-state index contributed by atoms with van der Waals surface area (Å²) in [6, 6.07) is 16.2. The van der Waals surface area contributed by atoms with Gasteiger partial charge in [-0.15, -0.1) is 5.01 Å². The number of amides is 3. The topological polar surface area (TPSA) is 98.1 Å². The molecule has 4 rings (SSSR count). The lowest BCUT2D eigenvalue weighted by molar-refractivity contribution is -0.130. The third-order valence-corrected chi connectivity index (χ3v) is 5.66. The van der Waals surface area contributed by atoms with Crippen molar-refractivity contribution in [3.05, 3.63) is 65.9 Å². The number of para-hydroxylation sites is 1. The molecule has 0 aliphatic carbocycles. The summed E-state index contributed by atoms with van der Waals surface area (Å²) in [7, 11) is 0. The minimum absolute atomic E-state index is 0.404. The summed E-state index contributed by atoms with van der Waals surface area (Å²) in [6.45, 7) is 7.82. The number of hydrogen-bond acceptors (Lipinski definition) is 6. The Labute approximate surface area is 198 Å². The third-order valence-electron chi connectivity index (χ3n) is 5.66. The molecular formula is C25H27N5O4. The highest BCUT2D eigenvalue weighted by Crippen LogP contribution is 2.31. The number of rotatable bonds is 8. The van der Waals surface area contributed by atoms with E-state index >= 15 is 0 Å². The smallest absolute Gasteiger partial charge is 0.346 e. The molecule has 1 aliphatic rings. The van der Waals surface area contributed by atoms with Gasteiger partial charge in [0.05, 0.1) is 29.8 Å². The van der Waals surface area contributed by atoms with Crippen molar-refractivity contribution in [2.75, 3.05) is 6.61 Å². The zero-order chi connectivity index (χ0) is 24.3. The second-order valence-electron chi connectivity index (χ2n) is 8.04. The minimum atomic E-state index is -0.973. The Morgan fingerprint density at radius 2 is 1.74 bits per heavy atom. The number of aryl methyl sites for hydroxylation is 1. The maximum atomic E-state index is 12.7. The average Bonchev–Trinajstić information content (AvgIpc) is 3.26. The second kappa shape index (κ2) is 9.38. The summed E-state index contributed by atoms with van der Waals surface area (Å²) in [5.74, 6) is 1.31. The van der Waals surface area contributed by atoms with Gasteiger partial charge in [-0.2, -0.15) is 14.9 Å². The molecule has 9 nitrogen and oxygen atoms in total. The van der Waals surface area contributed by atoms with E-state index in [9.17, 15) is 9.59 Å². The van der Waals surface area contributed by atoms with Gasteiger partial charge in [0.2, 0.25) is 5.88 Å². The Morgan fingerprint density at radius 3 is 2.35 bits per heavy atom. The van der Waals surface area contributed by atoms with Crippen LogP contribution in [0.15, 0.2) is 59.7 Å². The van der Waals surface area contributed by atoms with Crippen LogP contribution in [-0.2, 0) is 4.79 Å². The lowest BCUT2D eigenvalue weighted by atomic mass is 10.00. The molecule has 1 unspecified atom stereocenters. The van der Waals surface area contributed by atoms with E-state index < -0.39 is 17.5 Å². The molecule has 176 valence electrons. The molecule has 1 fully saturated rings. The van der Waals surface area contributed by atoms with Gasteiger partial charge in [0.25, 0.3) is 5.91 Å². The Kier molecular flexibility index (Phi) is 6.36. The van der Waals surface area contributed by atoms with E-state index in [0.717, 1.165) is 16.4 Å². The first-order valence-corrected chi connectivity index (χ1v) is 11.1. The van der Waals surface area contributed by atoms with Crippen LogP contribution in [0, 0.1) is 6.92 Å². The van der Waals surface area contributed by atoms with E-state index in [4.69, 9.17) is 9.47 Å². The Morgan fingerprint density at radius 1 is 1.06 bits per heavy atom. The van der Waals surface area contributed by atoms with E-state index in [1.165, 1.54) is 6.21 Å². The fourth-order valence-electron chi connectivity index (χ4n) is 3.52. The van der Waals surface area contributed by atoms with Gasteiger partial charge in [-0.05, 0) is 63.6 Å². The molecule has 1 N–H and O–H groups in total. The van der Waals surface area contributed by atoms with Gasteiger partial charge in [0.1, 0.15) is 17.0 Å². The predicted molar refractivity (Wildman–Crippen MR) is 128 cm³/mol. The molecule has 0 saturated carbocycles. The number of carbonyl (C=O) groups excluding carboxylic acids is 2. The van der Waals surface area contributed by atoms with Gasteiger partial charge in [0, 0.05) is 0 Å². The Hall–Kier alpha value is -4.14. The highest BCUT2D eigenvalue weighted by molar-refractivity contribution is 6.07. The van der Waals surface area contributed by atoms with Crippen molar-refractivity contribution in [2.24, 2.45) is 5.10 Å². The second-order valence-corrected chi connectivity index (χ2v) is 8.04. The van der Waals surface area contributed by atoms with Crippen molar-refractivity contribution in [1.29, 1.82) is 0 Å². The SMILES string of the molecule is CCOc1ccc(Oc2c(C=NN3C(=O)NC(C)(CC)C3=O)c(C)nn2-c2ccccc2)cc1. The number of aromatic nitrogens is 2. The van der Waals surface area contributed by atoms with Crippen molar-refractivity contribution in [1.82, 2.24) is 20.1 Å². The molecule has 2 aromatic carbocycles. The zero-order valence-electron chi connectivity index (χ0n) is 19.6. The summed E-state index contributed by atoms with van der Waals surface area (Å²) in [4.78, 5) is 25.1. The number of imide groups is 1. The van der Waals surface area contributed by atoms with Crippen LogP contribution in [0.1, 0.15) is 38.4 Å². The maximum Gasteiger partial charge on any atom is 0.346 e. The van der Waals surface area contributed by atoms with Crippen LogP contribution in [0.2, 0.25) is 0 Å². The first kappa shape index (κ1) is 23.0. The molecule has 3 amide bonds. The first-order valence-electron chi connectivity index (χ1n) is 11.1. The van der Waals surface area contributed by atoms with Crippen LogP contribution in [0.5, 0.6) is 17.4 Å². The average molecular weight is 462 g/mol. The van der Waals surface area contributed by atoms with Crippen molar-refractivity contribution in [3.8, 4) is 23.1 Å². The van der Waals surface area contributed by atoms with Gasteiger partial charge >= 0.3 is 6.03 Å². The quantitative estimate of drug-likeness (QED) is 0.395. The van der Waals surface area contributed by atoms with Crippen molar-refractivity contribution >= 4 is 18.2 Å². The van der Waals surface area contributed by atoms with Crippen LogP contribution in [0.25, 0.3) is 5.69 Å². The van der Waals surface area contributed by atoms with E-state index in [-0.39, 0.29) is 0 Å². The standard InChI is InChI=1S/C25H27N5O4/c1-5-25(4)23(31)30(24(32)27-25)26-16-21-17(3)28-29(18-10-8-7-9-11-18)22(21)34-20-14-12-19(13-15-20)33-6-2/h7-16H,5-6H2,1-4H3,(H,27,32). The van der Waals surface area contributed by atoms with Gasteiger partial charge < -0.3 is 14.8 Å². The molecule has 0 radical (unpaired) electrons. The molecule has 2 heterocycles. The summed E-state index contributed by atoms with van der Waals surface area (Å²) in [6.07, 6.45) is 1.89. The number of hydrogen-bond donors (Lipinski definition) is 1. The summed E-state index contributed by atoms with van der Waals surface area (Å²) < 4.78 is 13.4. The van der Waals surface area contributed by atoms with Crippen molar-refractivity contribution in [2.45, 2.75) is 39.7 Å². The number of nitrogens with one attached hydrogen (secondary N) is 1. The van der Waals surface area contributed by atoms with Crippen LogP contribution < -0.4 is 14.8 Å². The third kappa shape index (κ3) is 4.36. The molecule has 1 atom stereocenters. The fraction of sp³-hybridized carbons (Fsp3) is 0.280. The molecule has 1 saturated heterocycles. The molecule has 3 aromatic rings. The van der Waals surface area contributed by atoms with E-state index in [1.54, 1.807) is 23.7 Å². The summed E-state index contributed by atoms with van der Waals surface area (Å²) in [5, 5.41) is 12.4. The molecular weight excluding hydrogens is 434 g/mol. The molecule has 1 aliphatic heterocycles. The van der Waals surface area contributed by atoms with Gasteiger partial charge in [-0.25, -0.2) is 4.79 Å². The number of urea groups is 1. The number of benzene rings is 2. The Balaban J connectivity index is 1.72. The van der Waals surface area contributed by atoms with Crippen LogP contribution in [0.3, 0.4) is 0 Å². The highest BCUT2D eigenvalue weighted by atomic mass is 16.5. The van der Waals surface area contributed by atoms with Crippen LogP contribution in [-0.4, -0.2) is 45.1 Å². The van der Waals surface area contributed by atoms with Crippen LogP contribution >= 0.6 is 0 Å². The van der Waals surface area contributed by atoms with Gasteiger partial charge in [-0.1, -0.05) is 25.1 Å². The zero-order valence-corrected chi connectivity index (χ0v) is 19.6. The lowest BCUT2D eigenvalue weighted by Crippen LogP contribution is -2.42. The minimum Gasteiger partial charge on any atom is -0.494 e. The van der Waals surface area contributed by atoms with Gasteiger partial charge in [-0.3, -0.25) is 4.79 Å². The number of nitrogens with zero attached hydrogens (tertiary/aromatic N) is 4. The molecule has 0 bridgehead atoms. The lowest BCUT2D eigenvalue weighted by Gasteiger charge is -2.17. The summed E-state index contributed by atoms with van der Waals surface area (Å²) >= 11 is 0. The van der Waals surface area contributed by atoms with Gasteiger partial charge in [0.15, 0.2) is 0 Å². The molecule has 0 spiro atoms. The predicted octanol–water partition coefficient (Wildman–Crippen LogP) is 4.43. The molecule has 1 aromatic heterocycles. The van der Waals surface area contributed by atoms with E-state index in [1.807, 2.05) is 63.2 Å².